The number of sulfone groups is 1. The van der Waals surface area contributed by atoms with Crippen molar-refractivity contribution < 1.29 is 22.7 Å². The Labute approximate surface area is 105 Å². The molecule has 1 aliphatic heterocycles. The Morgan fingerprint density at radius 1 is 1.44 bits per heavy atom. The van der Waals surface area contributed by atoms with Gasteiger partial charge in [0.05, 0.1) is 17.5 Å². The number of nitrogens with one attached hydrogen (secondary N) is 1. The number of carbonyl (C=O) groups is 1. The van der Waals surface area contributed by atoms with E-state index in [9.17, 15) is 13.2 Å². The van der Waals surface area contributed by atoms with Crippen LogP contribution >= 0.6 is 0 Å². The number of hydrogen-bond acceptors (Lipinski definition) is 5. The van der Waals surface area contributed by atoms with Gasteiger partial charge in [0.2, 0.25) is 0 Å². The van der Waals surface area contributed by atoms with Crippen LogP contribution in [0.15, 0.2) is 10.5 Å². The minimum absolute atomic E-state index is 0.101. The van der Waals surface area contributed by atoms with Gasteiger partial charge in [0.25, 0.3) is 0 Å². The van der Waals surface area contributed by atoms with Crippen LogP contribution in [0.4, 0.5) is 0 Å². The number of furan rings is 1. The van der Waals surface area contributed by atoms with Gasteiger partial charge in [0, 0.05) is 5.56 Å². The first-order valence-electron chi connectivity index (χ1n) is 5.55. The molecule has 1 fully saturated rings. The Morgan fingerprint density at radius 3 is 2.61 bits per heavy atom. The van der Waals surface area contributed by atoms with E-state index in [0.717, 1.165) is 0 Å². The zero-order chi connectivity index (χ0) is 13.5. The molecule has 2 rings (SSSR count). The maximum Gasteiger partial charge on any atom is 0.321 e. The van der Waals surface area contributed by atoms with Crippen molar-refractivity contribution in [2.24, 2.45) is 0 Å². The topological polar surface area (TPSA) is 96.6 Å². The van der Waals surface area contributed by atoms with E-state index in [-0.39, 0.29) is 11.5 Å². The van der Waals surface area contributed by atoms with Gasteiger partial charge < -0.3 is 9.52 Å². The molecule has 18 heavy (non-hydrogen) atoms. The lowest BCUT2D eigenvalue weighted by molar-refractivity contribution is -0.139. The first kappa shape index (κ1) is 13.1. The molecule has 6 nitrogen and oxygen atoms in total. The summed E-state index contributed by atoms with van der Waals surface area (Å²) in [5.41, 5.74) is 0.710. The van der Waals surface area contributed by atoms with Gasteiger partial charge in [-0.1, -0.05) is 0 Å². The van der Waals surface area contributed by atoms with Gasteiger partial charge >= 0.3 is 5.97 Å². The summed E-state index contributed by atoms with van der Waals surface area (Å²) in [4.78, 5) is 11.0. The Balaban J connectivity index is 2.33. The van der Waals surface area contributed by atoms with Crippen LogP contribution in [0.25, 0.3) is 0 Å². The van der Waals surface area contributed by atoms with Gasteiger partial charge in [-0.3, -0.25) is 10.1 Å². The third-order valence-electron chi connectivity index (χ3n) is 3.00. The molecular formula is C11H15NO5S. The standard InChI is InChI=1S/C11H15NO5S/c1-6-3-8(7(2)17-6)9-4-18(15,16)5-10(12-9)11(13)14/h3,9-10,12H,4-5H2,1-2H3,(H,13,14). The average molecular weight is 273 g/mol. The number of aliphatic carboxylic acids is 1. The van der Waals surface area contributed by atoms with Crippen LogP contribution in [-0.4, -0.2) is 37.0 Å². The molecule has 1 aromatic rings. The smallest absolute Gasteiger partial charge is 0.321 e. The highest BCUT2D eigenvalue weighted by atomic mass is 32.2. The van der Waals surface area contributed by atoms with Crippen molar-refractivity contribution >= 4 is 15.8 Å². The normalized spacial score (nSPS) is 27.0. The van der Waals surface area contributed by atoms with Crippen LogP contribution in [-0.2, 0) is 14.6 Å². The molecule has 0 radical (unpaired) electrons. The van der Waals surface area contributed by atoms with Crippen LogP contribution in [0.5, 0.6) is 0 Å². The molecular weight excluding hydrogens is 258 g/mol. The van der Waals surface area contributed by atoms with E-state index in [2.05, 4.69) is 5.32 Å². The first-order chi connectivity index (χ1) is 8.28. The van der Waals surface area contributed by atoms with Gasteiger partial charge in [0.1, 0.15) is 17.6 Å². The number of carboxylic acids is 1. The highest BCUT2D eigenvalue weighted by Gasteiger charge is 2.36. The molecule has 2 atom stereocenters. The largest absolute Gasteiger partial charge is 0.480 e. The maximum absolute atomic E-state index is 11.7. The lowest BCUT2D eigenvalue weighted by Gasteiger charge is -2.28. The van der Waals surface area contributed by atoms with E-state index >= 15 is 0 Å². The van der Waals surface area contributed by atoms with E-state index in [1.165, 1.54) is 0 Å². The first-order valence-corrected chi connectivity index (χ1v) is 7.37. The molecule has 0 spiro atoms. The second kappa shape index (κ2) is 4.40. The fourth-order valence-corrected chi connectivity index (χ4v) is 3.90. The minimum atomic E-state index is -3.37. The minimum Gasteiger partial charge on any atom is -0.480 e. The summed E-state index contributed by atoms with van der Waals surface area (Å²) < 4.78 is 28.8. The predicted molar refractivity (Wildman–Crippen MR) is 64.1 cm³/mol. The number of aryl methyl sites for hydroxylation is 2. The molecule has 1 aromatic heterocycles. The summed E-state index contributed by atoms with van der Waals surface area (Å²) in [5, 5.41) is 11.8. The highest BCUT2D eigenvalue weighted by Crippen LogP contribution is 2.26. The Kier molecular flexibility index (Phi) is 3.20. The predicted octanol–water partition coefficient (Wildman–Crippen LogP) is 0.409. The Bertz CT molecular complexity index is 574. The monoisotopic (exact) mass is 273 g/mol. The van der Waals surface area contributed by atoms with Gasteiger partial charge in [-0.25, -0.2) is 8.42 Å². The van der Waals surface area contributed by atoms with Crippen LogP contribution in [0.1, 0.15) is 23.1 Å². The van der Waals surface area contributed by atoms with Gasteiger partial charge in [-0.05, 0) is 19.9 Å². The maximum atomic E-state index is 11.7. The third-order valence-corrected chi connectivity index (χ3v) is 4.68. The van der Waals surface area contributed by atoms with Crippen molar-refractivity contribution in [3.05, 3.63) is 23.2 Å². The molecule has 1 saturated heterocycles. The van der Waals surface area contributed by atoms with Gasteiger partial charge in [0.15, 0.2) is 9.84 Å². The second-order valence-electron chi connectivity index (χ2n) is 4.56. The molecule has 2 unspecified atom stereocenters. The van der Waals surface area contributed by atoms with Crippen molar-refractivity contribution in [2.45, 2.75) is 25.9 Å². The number of hydrogen-bond donors (Lipinski definition) is 2. The van der Waals surface area contributed by atoms with Crippen LogP contribution in [0.3, 0.4) is 0 Å². The van der Waals surface area contributed by atoms with Crippen LogP contribution < -0.4 is 5.32 Å². The molecule has 7 heteroatoms. The van der Waals surface area contributed by atoms with Crippen molar-refractivity contribution in [3.8, 4) is 0 Å². The molecule has 0 aliphatic carbocycles. The zero-order valence-corrected chi connectivity index (χ0v) is 11.0. The highest BCUT2D eigenvalue weighted by molar-refractivity contribution is 7.91. The third kappa shape index (κ3) is 2.56. The summed E-state index contributed by atoms with van der Waals surface area (Å²) in [6.45, 7) is 3.50. The Hall–Kier alpha value is -1.34. The van der Waals surface area contributed by atoms with E-state index < -0.39 is 27.9 Å². The van der Waals surface area contributed by atoms with Crippen LogP contribution in [0.2, 0.25) is 0 Å². The summed E-state index contributed by atoms with van der Waals surface area (Å²) in [6, 6.07) is 0.151. The number of rotatable bonds is 2. The molecule has 2 heterocycles. The average Bonchev–Trinajstić information content (AvgIpc) is 2.55. The van der Waals surface area contributed by atoms with E-state index in [4.69, 9.17) is 9.52 Å². The SMILES string of the molecule is Cc1cc(C2CS(=O)(=O)CC(C(=O)O)N2)c(C)o1. The summed E-state index contributed by atoms with van der Waals surface area (Å²) in [7, 11) is -3.37. The summed E-state index contributed by atoms with van der Waals surface area (Å²) in [6.07, 6.45) is 0. The molecule has 2 N–H and O–H groups in total. The fourth-order valence-electron chi connectivity index (χ4n) is 2.23. The molecule has 0 amide bonds. The molecule has 0 saturated carbocycles. The second-order valence-corrected chi connectivity index (χ2v) is 6.71. The van der Waals surface area contributed by atoms with Gasteiger partial charge in [-0.15, -0.1) is 0 Å². The Morgan fingerprint density at radius 2 is 2.11 bits per heavy atom. The molecule has 0 bridgehead atoms. The van der Waals surface area contributed by atoms with Gasteiger partial charge in [-0.2, -0.15) is 0 Å². The zero-order valence-electron chi connectivity index (χ0n) is 10.1. The quantitative estimate of drug-likeness (QED) is 0.810. The van der Waals surface area contributed by atoms with Crippen molar-refractivity contribution in [1.82, 2.24) is 5.32 Å². The molecule has 1 aliphatic rings. The van der Waals surface area contributed by atoms with Crippen LogP contribution in [0, 0.1) is 13.8 Å². The van der Waals surface area contributed by atoms with Crippen molar-refractivity contribution in [2.75, 3.05) is 11.5 Å². The van der Waals surface area contributed by atoms with E-state index in [1.54, 1.807) is 19.9 Å². The fraction of sp³-hybridized carbons (Fsp3) is 0.545. The van der Waals surface area contributed by atoms with Crippen molar-refractivity contribution in [3.63, 3.8) is 0 Å². The van der Waals surface area contributed by atoms with E-state index in [0.29, 0.717) is 17.1 Å². The molecule has 100 valence electrons. The lowest BCUT2D eigenvalue weighted by atomic mass is 10.1. The molecule has 0 aromatic carbocycles. The summed E-state index contributed by atoms with van der Waals surface area (Å²) >= 11 is 0. The lowest BCUT2D eigenvalue weighted by Crippen LogP contribution is -2.51. The van der Waals surface area contributed by atoms with Crippen molar-refractivity contribution in [1.29, 1.82) is 0 Å². The number of carboxylic acid groups (broad SMARTS) is 1. The summed E-state index contributed by atoms with van der Waals surface area (Å²) in [5.74, 6) is -0.322. The van der Waals surface area contributed by atoms with E-state index in [1.807, 2.05) is 0 Å².